The Morgan fingerprint density at radius 1 is 1.04 bits per heavy atom. The van der Waals surface area contributed by atoms with Crippen molar-refractivity contribution in [1.82, 2.24) is 10.2 Å². The van der Waals surface area contributed by atoms with Crippen LogP contribution in [-0.2, 0) is 5.75 Å². The molecule has 6 heteroatoms. The Kier molecular flexibility index (Phi) is 5.76. The van der Waals surface area contributed by atoms with Gasteiger partial charge in [0, 0.05) is 16.5 Å². The molecule has 1 N–H and O–H groups in total. The third-order valence-corrected chi connectivity index (χ3v) is 5.81. The second-order valence-corrected chi connectivity index (χ2v) is 8.33. The van der Waals surface area contributed by atoms with E-state index in [1.54, 1.807) is 23.1 Å². The summed E-state index contributed by atoms with van der Waals surface area (Å²) < 4.78 is 0.950. The van der Waals surface area contributed by atoms with E-state index in [0.717, 1.165) is 25.9 Å². The first-order valence-corrected chi connectivity index (χ1v) is 9.86. The van der Waals surface area contributed by atoms with Crippen LogP contribution in [-0.4, -0.2) is 10.2 Å². The van der Waals surface area contributed by atoms with E-state index in [0.29, 0.717) is 5.92 Å². The van der Waals surface area contributed by atoms with Crippen LogP contribution in [0.25, 0.3) is 0 Å². The zero-order chi connectivity index (χ0) is 16.9. The molecule has 0 aliphatic heterocycles. The average molecular weight is 376 g/mol. The lowest BCUT2D eigenvalue weighted by molar-refractivity contribution is 0.867. The van der Waals surface area contributed by atoms with Gasteiger partial charge in [-0.1, -0.05) is 72.8 Å². The average Bonchev–Trinajstić information content (AvgIpc) is 3.02. The highest BCUT2D eigenvalue weighted by molar-refractivity contribution is 8.00. The standard InChI is InChI=1S/C18H18ClN3S2/c1-12(2)14-5-9-16(10-6-14)20-17-21-22-18(24-17)23-11-13-3-7-15(19)8-4-13/h3-10,12H,11H2,1-2H3,(H,20,21). The molecule has 24 heavy (non-hydrogen) atoms. The molecule has 124 valence electrons. The molecule has 3 nitrogen and oxygen atoms in total. The van der Waals surface area contributed by atoms with Crippen molar-refractivity contribution >= 4 is 45.5 Å². The molecule has 0 aliphatic rings. The lowest BCUT2D eigenvalue weighted by Crippen LogP contribution is -1.91. The zero-order valence-electron chi connectivity index (χ0n) is 13.5. The van der Waals surface area contributed by atoms with E-state index in [2.05, 4.69) is 53.6 Å². The van der Waals surface area contributed by atoms with Crippen LogP contribution < -0.4 is 5.32 Å². The third kappa shape index (κ3) is 4.72. The molecule has 0 amide bonds. The quantitative estimate of drug-likeness (QED) is 0.509. The fraction of sp³-hybridized carbons (Fsp3) is 0.222. The Hall–Kier alpha value is -1.56. The van der Waals surface area contributed by atoms with Crippen LogP contribution in [0.5, 0.6) is 0 Å². The molecule has 0 spiro atoms. The lowest BCUT2D eigenvalue weighted by atomic mass is 10.0. The first kappa shape index (κ1) is 17.3. The minimum Gasteiger partial charge on any atom is -0.330 e. The van der Waals surface area contributed by atoms with Gasteiger partial charge in [0.25, 0.3) is 0 Å². The van der Waals surface area contributed by atoms with Crippen molar-refractivity contribution in [3.63, 3.8) is 0 Å². The summed E-state index contributed by atoms with van der Waals surface area (Å²) in [4.78, 5) is 0. The van der Waals surface area contributed by atoms with Crippen LogP contribution >= 0.6 is 34.7 Å². The number of thioether (sulfide) groups is 1. The number of nitrogens with zero attached hydrogens (tertiary/aromatic N) is 2. The van der Waals surface area contributed by atoms with Crippen molar-refractivity contribution < 1.29 is 0 Å². The normalized spacial score (nSPS) is 11.0. The molecule has 0 radical (unpaired) electrons. The Balaban J connectivity index is 1.57. The van der Waals surface area contributed by atoms with Gasteiger partial charge < -0.3 is 5.32 Å². The summed E-state index contributed by atoms with van der Waals surface area (Å²) in [5.74, 6) is 1.39. The first-order valence-electron chi connectivity index (χ1n) is 7.68. The number of nitrogens with one attached hydrogen (secondary N) is 1. The number of hydrogen-bond acceptors (Lipinski definition) is 5. The highest BCUT2D eigenvalue weighted by atomic mass is 35.5. The van der Waals surface area contributed by atoms with Crippen molar-refractivity contribution in [2.45, 2.75) is 29.9 Å². The van der Waals surface area contributed by atoms with E-state index in [1.165, 1.54) is 11.1 Å². The largest absolute Gasteiger partial charge is 0.330 e. The van der Waals surface area contributed by atoms with Gasteiger partial charge in [0.05, 0.1) is 0 Å². The second kappa shape index (κ2) is 8.01. The molecule has 1 aromatic heterocycles. The minimum atomic E-state index is 0.538. The highest BCUT2D eigenvalue weighted by Gasteiger charge is 2.06. The van der Waals surface area contributed by atoms with Gasteiger partial charge in [-0.05, 0) is 41.3 Å². The van der Waals surface area contributed by atoms with Gasteiger partial charge in [-0.3, -0.25) is 0 Å². The van der Waals surface area contributed by atoms with E-state index in [9.17, 15) is 0 Å². The van der Waals surface area contributed by atoms with Gasteiger partial charge in [0.2, 0.25) is 5.13 Å². The highest BCUT2D eigenvalue weighted by Crippen LogP contribution is 2.30. The van der Waals surface area contributed by atoms with Crippen molar-refractivity contribution in [3.8, 4) is 0 Å². The molecule has 0 aliphatic carbocycles. The number of hydrogen-bond donors (Lipinski definition) is 1. The monoisotopic (exact) mass is 375 g/mol. The third-order valence-electron chi connectivity index (χ3n) is 3.51. The number of benzene rings is 2. The van der Waals surface area contributed by atoms with E-state index in [-0.39, 0.29) is 0 Å². The van der Waals surface area contributed by atoms with Gasteiger partial charge in [-0.2, -0.15) is 0 Å². The van der Waals surface area contributed by atoms with Crippen LogP contribution in [0, 0.1) is 0 Å². The van der Waals surface area contributed by atoms with Crippen molar-refractivity contribution in [3.05, 3.63) is 64.7 Å². The lowest BCUT2D eigenvalue weighted by Gasteiger charge is -2.06. The number of rotatable bonds is 6. The van der Waals surface area contributed by atoms with Crippen LogP contribution in [0.4, 0.5) is 10.8 Å². The van der Waals surface area contributed by atoms with Crippen molar-refractivity contribution in [1.29, 1.82) is 0 Å². The van der Waals surface area contributed by atoms with E-state index < -0.39 is 0 Å². The fourth-order valence-corrected chi connectivity index (χ4v) is 3.97. The molecule has 0 saturated heterocycles. The van der Waals surface area contributed by atoms with Gasteiger partial charge in [-0.25, -0.2) is 0 Å². The molecule has 0 fully saturated rings. The second-order valence-electron chi connectivity index (χ2n) is 5.69. The predicted octanol–water partition coefficient (Wildman–Crippen LogP) is 6.35. The van der Waals surface area contributed by atoms with Crippen LogP contribution in [0.3, 0.4) is 0 Å². The van der Waals surface area contributed by atoms with Crippen molar-refractivity contribution in [2.75, 3.05) is 5.32 Å². The maximum Gasteiger partial charge on any atom is 0.210 e. The number of aromatic nitrogens is 2. The van der Waals surface area contributed by atoms with E-state index in [4.69, 9.17) is 11.6 Å². The molecule has 2 aromatic carbocycles. The molecular formula is C18H18ClN3S2. The molecule has 0 atom stereocenters. The molecule has 0 unspecified atom stereocenters. The van der Waals surface area contributed by atoms with Crippen LogP contribution in [0.1, 0.15) is 30.9 Å². The molecule has 3 aromatic rings. The fourth-order valence-electron chi connectivity index (χ4n) is 2.12. The predicted molar refractivity (Wildman–Crippen MR) is 105 cm³/mol. The van der Waals surface area contributed by atoms with Crippen molar-refractivity contribution in [2.24, 2.45) is 0 Å². The number of halogens is 1. The molecule has 1 heterocycles. The maximum absolute atomic E-state index is 5.90. The van der Waals surface area contributed by atoms with Crippen LogP contribution in [0.2, 0.25) is 5.02 Å². The maximum atomic E-state index is 5.90. The molecule has 3 rings (SSSR count). The summed E-state index contributed by atoms with van der Waals surface area (Å²) in [6.45, 7) is 4.38. The Morgan fingerprint density at radius 2 is 1.75 bits per heavy atom. The summed E-state index contributed by atoms with van der Waals surface area (Å²) in [6.07, 6.45) is 0. The SMILES string of the molecule is CC(C)c1ccc(Nc2nnc(SCc3ccc(Cl)cc3)s2)cc1. The first-order chi connectivity index (χ1) is 11.6. The van der Waals surface area contributed by atoms with Gasteiger partial charge >= 0.3 is 0 Å². The summed E-state index contributed by atoms with van der Waals surface area (Å²) >= 11 is 9.14. The molecule has 0 saturated carbocycles. The molecular weight excluding hydrogens is 358 g/mol. The van der Waals surface area contributed by atoms with Crippen LogP contribution in [0.15, 0.2) is 52.9 Å². The summed E-state index contributed by atoms with van der Waals surface area (Å²) in [5, 5.41) is 13.3. The van der Waals surface area contributed by atoms with E-state index >= 15 is 0 Å². The zero-order valence-corrected chi connectivity index (χ0v) is 15.9. The van der Waals surface area contributed by atoms with Gasteiger partial charge in [0.1, 0.15) is 0 Å². The summed E-state index contributed by atoms with van der Waals surface area (Å²) in [7, 11) is 0. The minimum absolute atomic E-state index is 0.538. The Labute approximate surface area is 155 Å². The van der Waals surface area contributed by atoms with Gasteiger partial charge in [-0.15, -0.1) is 10.2 Å². The summed E-state index contributed by atoms with van der Waals surface area (Å²) in [6, 6.07) is 16.3. The Morgan fingerprint density at radius 3 is 2.42 bits per heavy atom. The molecule has 0 bridgehead atoms. The number of anilines is 2. The Bertz CT molecular complexity index is 783. The van der Waals surface area contributed by atoms with Gasteiger partial charge in [0.15, 0.2) is 4.34 Å². The summed E-state index contributed by atoms with van der Waals surface area (Å²) in [5.41, 5.74) is 3.58. The topological polar surface area (TPSA) is 37.8 Å². The smallest absolute Gasteiger partial charge is 0.210 e. The van der Waals surface area contributed by atoms with E-state index in [1.807, 2.05) is 24.3 Å².